The molecule has 0 fully saturated rings. The molecule has 3 rings (SSSR count). The summed E-state index contributed by atoms with van der Waals surface area (Å²) in [5.74, 6) is 0.189. The van der Waals surface area contributed by atoms with Gasteiger partial charge < -0.3 is 15.4 Å². The lowest BCUT2D eigenvalue weighted by Gasteiger charge is -2.21. The topological polar surface area (TPSA) is 67.4 Å². The van der Waals surface area contributed by atoms with Crippen molar-refractivity contribution in [1.82, 2.24) is 10.6 Å². The zero-order valence-corrected chi connectivity index (χ0v) is 15.6. The SMILES string of the molecule is CCOc1ccc(C(NC(=O)c2ccccc2)NC(=O)c2ccccc2)cc1. The molecule has 142 valence electrons. The Morgan fingerprint density at radius 1 is 0.750 bits per heavy atom. The lowest BCUT2D eigenvalue weighted by Crippen LogP contribution is -2.41. The molecule has 0 saturated carbocycles. The third-order valence-corrected chi connectivity index (χ3v) is 4.15. The molecule has 0 unspecified atom stereocenters. The molecule has 5 heteroatoms. The van der Waals surface area contributed by atoms with Gasteiger partial charge in [-0.2, -0.15) is 0 Å². The van der Waals surface area contributed by atoms with Gasteiger partial charge in [-0.15, -0.1) is 0 Å². The van der Waals surface area contributed by atoms with Gasteiger partial charge in [0, 0.05) is 11.1 Å². The van der Waals surface area contributed by atoms with Crippen LogP contribution in [0.2, 0.25) is 0 Å². The van der Waals surface area contributed by atoms with E-state index >= 15 is 0 Å². The molecule has 5 nitrogen and oxygen atoms in total. The van der Waals surface area contributed by atoms with Crippen LogP contribution in [0, 0.1) is 0 Å². The summed E-state index contributed by atoms with van der Waals surface area (Å²) in [5, 5.41) is 5.78. The van der Waals surface area contributed by atoms with Gasteiger partial charge in [0.1, 0.15) is 11.9 Å². The number of ether oxygens (including phenoxy) is 1. The van der Waals surface area contributed by atoms with Crippen LogP contribution in [0.3, 0.4) is 0 Å². The van der Waals surface area contributed by atoms with Crippen LogP contribution in [0.5, 0.6) is 5.75 Å². The van der Waals surface area contributed by atoms with E-state index in [9.17, 15) is 9.59 Å². The Morgan fingerprint density at radius 3 is 1.64 bits per heavy atom. The van der Waals surface area contributed by atoms with Crippen molar-refractivity contribution in [2.24, 2.45) is 0 Å². The van der Waals surface area contributed by atoms with Gasteiger partial charge in [-0.1, -0.05) is 48.5 Å². The first-order valence-corrected chi connectivity index (χ1v) is 9.12. The first-order chi connectivity index (χ1) is 13.7. The van der Waals surface area contributed by atoms with Crippen LogP contribution in [0.25, 0.3) is 0 Å². The van der Waals surface area contributed by atoms with Crippen molar-refractivity contribution >= 4 is 11.8 Å². The van der Waals surface area contributed by atoms with E-state index < -0.39 is 6.17 Å². The Kier molecular flexibility index (Phi) is 6.41. The highest BCUT2D eigenvalue weighted by atomic mass is 16.5. The van der Waals surface area contributed by atoms with Crippen molar-refractivity contribution in [3.63, 3.8) is 0 Å². The Hall–Kier alpha value is -3.60. The van der Waals surface area contributed by atoms with E-state index in [0.717, 1.165) is 11.3 Å². The van der Waals surface area contributed by atoms with Gasteiger partial charge in [0.15, 0.2) is 0 Å². The smallest absolute Gasteiger partial charge is 0.253 e. The quantitative estimate of drug-likeness (QED) is 0.616. The maximum absolute atomic E-state index is 12.6. The monoisotopic (exact) mass is 374 g/mol. The van der Waals surface area contributed by atoms with E-state index in [4.69, 9.17) is 4.74 Å². The minimum atomic E-state index is -0.684. The lowest BCUT2D eigenvalue weighted by molar-refractivity contribution is 0.0883. The number of amides is 2. The number of rotatable bonds is 7. The van der Waals surface area contributed by atoms with Crippen molar-refractivity contribution in [3.8, 4) is 5.75 Å². The molecule has 28 heavy (non-hydrogen) atoms. The first-order valence-electron chi connectivity index (χ1n) is 9.12. The second kappa shape index (κ2) is 9.37. The summed E-state index contributed by atoms with van der Waals surface area (Å²) in [5.41, 5.74) is 1.79. The molecule has 0 aromatic heterocycles. The molecule has 0 atom stereocenters. The summed E-state index contributed by atoms with van der Waals surface area (Å²) in [6, 6.07) is 25.1. The highest BCUT2D eigenvalue weighted by Crippen LogP contribution is 2.18. The van der Waals surface area contributed by atoms with E-state index in [0.29, 0.717) is 17.7 Å². The molecule has 0 aliphatic rings. The molecule has 2 amide bonds. The van der Waals surface area contributed by atoms with Crippen molar-refractivity contribution in [2.75, 3.05) is 6.61 Å². The van der Waals surface area contributed by atoms with Gasteiger partial charge >= 0.3 is 0 Å². The third-order valence-electron chi connectivity index (χ3n) is 4.15. The Labute approximate surface area is 164 Å². The fourth-order valence-corrected chi connectivity index (χ4v) is 2.73. The third kappa shape index (κ3) is 4.98. The van der Waals surface area contributed by atoms with E-state index in [2.05, 4.69) is 10.6 Å². The Bertz CT molecular complexity index is 856. The average Bonchev–Trinajstić information content (AvgIpc) is 2.75. The maximum atomic E-state index is 12.6. The summed E-state index contributed by atoms with van der Waals surface area (Å²) in [7, 11) is 0. The largest absolute Gasteiger partial charge is 0.494 e. The molecule has 0 bridgehead atoms. The van der Waals surface area contributed by atoms with E-state index in [1.165, 1.54) is 0 Å². The van der Waals surface area contributed by atoms with E-state index in [1.807, 2.05) is 43.3 Å². The summed E-state index contributed by atoms with van der Waals surface area (Å²) in [6.07, 6.45) is -0.684. The highest BCUT2D eigenvalue weighted by Gasteiger charge is 2.19. The predicted octanol–water partition coefficient (Wildman–Crippen LogP) is 3.94. The fraction of sp³-hybridized carbons (Fsp3) is 0.130. The molecule has 0 heterocycles. The molecule has 2 N–H and O–H groups in total. The summed E-state index contributed by atoms with van der Waals surface area (Å²) in [4.78, 5) is 25.3. The number of benzene rings is 3. The van der Waals surface area contributed by atoms with Gasteiger partial charge in [-0.3, -0.25) is 9.59 Å². The summed E-state index contributed by atoms with van der Waals surface area (Å²) in [6.45, 7) is 2.48. The molecule has 0 saturated heterocycles. The van der Waals surface area contributed by atoms with Crippen molar-refractivity contribution in [2.45, 2.75) is 13.1 Å². The molecular formula is C23H22N2O3. The van der Waals surface area contributed by atoms with Crippen LogP contribution in [0.15, 0.2) is 84.9 Å². The van der Waals surface area contributed by atoms with Gasteiger partial charge in [-0.25, -0.2) is 0 Å². The number of carbonyl (C=O) groups excluding carboxylic acids is 2. The van der Waals surface area contributed by atoms with Crippen LogP contribution in [0.1, 0.15) is 39.4 Å². The van der Waals surface area contributed by atoms with Crippen molar-refractivity contribution in [1.29, 1.82) is 0 Å². The van der Waals surface area contributed by atoms with Crippen LogP contribution < -0.4 is 15.4 Å². The fourth-order valence-electron chi connectivity index (χ4n) is 2.73. The molecule has 0 radical (unpaired) electrons. The Morgan fingerprint density at radius 2 is 1.21 bits per heavy atom. The minimum absolute atomic E-state index is 0.271. The lowest BCUT2D eigenvalue weighted by atomic mass is 10.1. The number of carbonyl (C=O) groups is 2. The second-order valence-corrected chi connectivity index (χ2v) is 6.11. The van der Waals surface area contributed by atoms with Crippen molar-refractivity contribution in [3.05, 3.63) is 102 Å². The van der Waals surface area contributed by atoms with E-state index in [1.54, 1.807) is 48.5 Å². The first kappa shape index (κ1) is 19.2. The van der Waals surface area contributed by atoms with Gasteiger partial charge in [0.05, 0.1) is 6.61 Å². The highest BCUT2D eigenvalue weighted by molar-refractivity contribution is 5.96. The molecule has 0 aliphatic heterocycles. The van der Waals surface area contributed by atoms with Crippen molar-refractivity contribution < 1.29 is 14.3 Å². The predicted molar refractivity (Wildman–Crippen MR) is 108 cm³/mol. The summed E-state index contributed by atoms with van der Waals surface area (Å²) < 4.78 is 5.47. The molecule has 0 spiro atoms. The van der Waals surface area contributed by atoms with Gasteiger partial charge in [0.2, 0.25) is 0 Å². The Balaban J connectivity index is 1.82. The zero-order valence-electron chi connectivity index (χ0n) is 15.6. The molecule has 0 aliphatic carbocycles. The second-order valence-electron chi connectivity index (χ2n) is 6.11. The standard InChI is InChI=1S/C23H22N2O3/c1-2-28-20-15-13-17(14-16-20)21(24-22(26)18-9-5-3-6-10-18)25-23(27)19-11-7-4-8-12-19/h3-16,21H,2H2,1H3,(H,24,26)(H,25,27). The van der Waals surface area contributed by atoms with Crippen LogP contribution >= 0.6 is 0 Å². The molecule has 3 aromatic rings. The molecular weight excluding hydrogens is 352 g/mol. The number of hydrogen-bond acceptors (Lipinski definition) is 3. The number of nitrogens with one attached hydrogen (secondary N) is 2. The zero-order chi connectivity index (χ0) is 19.8. The summed E-state index contributed by atoms with van der Waals surface area (Å²) >= 11 is 0. The number of hydrogen-bond donors (Lipinski definition) is 2. The normalized spacial score (nSPS) is 10.4. The van der Waals surface area contributed by atoms with Gasteiger partial charge in [0.25, 0.3) is 11.8 Å². The van der Waals surface area contributed by atoms with Crippen LogP contribution in [-0.4, -0.2) is 18.4 Å². The van der Waals surface area contributed by atoms with Crippen LogP contribution in [0.4, 0.5) is 0 Å². The minimum Gasteiger partial charge on any atom is -0.494 e. The molecule has 3 aromatic carbocycles. The van der Waals surface area contributed by atoms with Gasteiger partial charge in [-0.05, 0) is 48.9 Å². The average molecular weight is 374 g/mol. The maximum Gasteiger partial charge on any atom is 0.253 e. The van der Waals surface area contributed by atoms with E-state index in [-0.39, 0.29) is 11.8 Å². The van der Waals surface area contributed by atoms with Crippen LogP contribution in [-0.2, 0) is 0 Å².